The molecule has 2 rings (SSSR count). The van der Waals surface area contributed by atoms with E-state index in [1.54, 1.807) is 18.2 Å². The van der Waals surface area contributed by atoms with Crippen LogP contribution < -0.4 is 21.5 Å². The summed E-state index contributed by atoms with van der Waals surface area (Å²) in [5.41, 5.74) is 6.47. The maximum atomic E-state index is 11.7. The van der Waals surface area contributed by atoms with Gasteiger partial charge in [0.1, 0.15) is 5.75 Å². The summed E-state index contributed by atoms with van der Waals surface area (Å²) < 4.78 is 6.53. The fraction of sp³-hybridized carbons (Fsp3) is 0.333. The number of imidazole rings is 1. The molecule has 8 heteroatoms. The molecule has 5 N–H and O–H groups in total. The number of aliphatic hydroxyl groups excluding tert-OH is 1. The molecule has 0 aliphatic rings. The lowest BCUT2D eigenvalue weighted by atomic mass is 10.3. The van der Waals surface area contributed by atoms with Crippen molar-refractivity contribution < 1.29 is 14.6 Å². The Morgan fingerprint density at radius 1 is 1.50 bits per heavy atom. The van der Waals surface area contributed by atoms with E-state index < -0.39 is 6.09 Å². The number of nitrogens with two attached hydrogens (primary N) is 1. The van der Waals surface area contributed by atoms with Gasteiger partial charge in [0.25, 0.3) is 0 Å². The maximum Gasteiger partial charge on any atom is 0.412 e. The van der Waals surface area contributed by atoms with Crippen LogP contribution in [-0.4, -0.2) is 40.4 Å². The molecule has 1 aromatic heterocycles. The molecule has 20 heavy (non-hydrogen) atoms. The van der Waals surface area contributed by atoms with Crippen molar-refractivity contribution in [2.45, 2.75) is 6.54 Å². The first-order valence-corrected chi connectivity index (χ1v) is 6.15. The van der Waals surface area contributed by atoms with Gasteiger partial charge in [-0.25, -0.2) is 9.59 Å². The average Bonchev–Trinajstić information content (AvgIpc) is 2.73. The number of hydrogen-bond acceptors (Lipinski definition) is 5. The minimum Gasteiger partial charge on any atom is -0.410 e. The standard InChI is InChI=1S/C12H16N4O4/c13-3-5-16-10-7-8(20-12(19)14-4-6-17)1-2-9(10)15-11(16)18/h1-2,7,17H,3-6,13H2,(H,14,19)(H,15,18). The average molecular weight is 280 g/mol. The van der Waals surface area contributed by atoms with Gasteiger partial charge < -0.3 is 25.9 Å². The first-order valence-electron chi connectivity index (χ1n) is 6.15. The number of hydrogen-bond donors (Lipinski definition) is 4. The van der Waals surface area contributed by atoms with Crippen LogP contribution in [0.3, 0.4) is 0 Å². The smallest absolute Gasteiger partial charge is 0.410 e. The molecule has 0 saturated carbocycles. The fourth-order valence-corrected chi connectivity index (χ4v) is 1.85. The highest BCUT2D eigenvalue weighted by molar-refractivity contribution is 5.78. The number of aromatic amines is 1. The van der Waals surface area contributed by atoms with Crippen molar-refractivity contribution in [1.82, 2.24) is 14.9 Å². The van der Waals surface area contributed by atoms with E-state index >= 15 is 0 Å². The van der Waals surface area contributed by atoms with Crippen LogP contribution in [0.1, 0.15) is 0 Å². The van der Waals surface area contributed by atoms with Gasteiger partial charge in [0.2, 0.25) is 0 Å². The van der Waals surface area contributed by atoms with E-state index in [9.17, 15) is 9.59 Å². The Balaban J connectivity index is 2.25. The SMILES string of the molecule is NCCn1c(=O)[nH]c2ccc(OC(=O)NCCO)cc21. The van der Waals surface area contributed by atoms with Gasteiger partial charge in [-0.3, -0.25) is 4.57 Å². The Kier molecular flexibility index (Phi) is 4.38. The van der Waals surface area contributed by atoms with Crippen molar-refractivity contribution in [3.63, 3.8) is 0 Å². The predicted octanol–water partition coefficient (Wildman–Crippen LogP) is -0.631. The number of H-pyrrole nitrogens is 1. The Morgan fingerprint density at radius 3 is 3.00 bits per heavy atom. The molecule has 1 heterocycles. The number of aliphatic hydroxyl groups is 1. The lowest BCUT2D eigenvalue weighted by Gasteiger charge is -2.06. The number of ether oxygens (including phenoxy) is 1. The van der Waals surface area contributed by atoms with Gasteiger partial charge in [-0.1, -0.05) is 0 Å². The summed E-state index contributed by atoms with van der Waals surface area (Å²) in [6.07, 6.45) is -0.665. The second kappa shape index (κ2) is 6.22. The zero-order valence-electron chi connectivity index (χ0n) is 10.8. The number of carbonyl (C=O) groups is 1. The lowest BCUT2D eigenvalue weighted by Crippen LogP contribution is -2.29. The molecule has 108 valence electrons. The highest BCUT2D eigenvalue weighted by Crippen LogP contribution is 2.18. The quantitative estimate of drug-likeness (QED) is 0.580. The van der Waals surface area contributed by atoms with Crippen molar-refractivity contribution >= 4 is 17.1 Å². The molecule has 0 radical (unpaired) electrons. The normalized spacial score (nSPS) is 10.7. The number of nitrogens with zero attached hydrogens (tertiary/aromatic N) is 1. The number of carbonyl (C=O) groups excluding carboxylic acids is 1. The number of aromatic nitrogens is 2. The van der Waals surface area contributed by atoms with Crippen LogP contribution in [0.5, 0.6) is 5.75 Å². The summed E-state index contributed by atoms with van der Waals surface area (Å²) in [5.74, 6) is 0.303. The van der Waals surface area contributed by atoms with Crippen molar-refractivity contribution in [3.8, 4) is 5.75 Å². The third-order valence-electron chi connectivity index (χ3n) is 2.69. The van der Waals surface area contributed by atoms with Crippen molar-refractivity contribution in [2.75, 3.05) is 19.7 Å². The van der Waals surface area contributed by atoms with E-state index in [1.807, 2.05) is 0 Å². The highest BCUT2D eigenvalue weighted by Gasteiger charge is 2.09. The van der Waals surface area contributed by atoms with E-state index in [1.165, 1.54) is 4.57 Å². The van der Waals surface area contributed by atoms with Crippen LogP contribution >= 0.6 is 0 Å². The first kappa shape index (κ1) is 14.1. The van der Waals surface area contributed by atoms with Gasteiger partial charge in [-0.2, -0.15) is 0 Å². The van der Waals surface area contributed by atoms with Gasteiger partial charge in [-0.05, 0) is 12.1 Å². The van der Waals surface area contributed by atoms with E-state index in [4.69, 9.17) is 15.6 Å². The summed E-state index contributed by atoms with van der Waals surface area (Å²) in [5, 5.41) is 11.0. The van der Waals surface area contributed by atoms with E-state index in [2.05, 4.69) is 10.3 Å². The maximum absolute atomic E-state index is 11.7. The Bertz CT molecular complexity index is 661. The van der Waals surface area contributed by atoms with Crippen LogP contribution in [0.4, 0.5) is 4.79 Å². The first-order chi connectivity index (χ1) is 9.65. The van der Waals surface area contributed by atoms with Gasteiger partial charge in [0, 0.05) is 25.7 Å². The van der Waals surface area contributed by atoms with Crippen LogP contribution in [0.15, 0.2) is 23.0 Å². The van der Waals surface area contributed by atoms with Crippen LogP contribution in [0.2, 0.25) is 0 Å². The summed E-state index contributed by atoms with van der Waals surface area (Å²) in [6.45, 7) is 0.652. The van der Waals surface area contributed by atoms with Crippen molar-refractivity contribution in [3.05, 3.63) is 28.7 Å². The molecule has 0 bridgehead atoms. The number of amides is 1. The summed E-state index contributed by atoms with van der Waals surface area (Å²) in [7, 11) is 0. The number of benzene rings is 1. The lowest BCUT2D eigenvalue weighted by molar-refractivity contribution is 0.195. The molecular weight excluding hydrogens is 264 g/mol. The third kappa shape index (κ3) is 2.98. The molecule has 0 saturated heterocycles. The molecule has 0 spiro atoms. The molecule has 2 aromatic rings. The van der Waals surface area contributed by atoms with Crippen LogP contribution in [-0.2, 0) is 6.54 Å². The Morgan fingerprint density at radius 2 is 2.30 bits per heavy atom. The van der Waals surface area contributed by atoms with Gasteiger partial charge >= 0.3 is 11.8 Å². The molecule has 8 nitrogen and oxygen atoms in total. The zero-order chi connectivity index (χ0) is 14.5. The molecule has 0 unspecified atom stereocenters. The number of nitrogens with one attached hydrogen (secondary N) is 2. The zero-order valence-corrected chi connectivity index (χ0v) is 10.8. The van der Waals surface area contributed by atoms with Gasteiger partial charge in [-0.15, -0.1) is 0 Å². The molecule has 1 aromatic carbocycles. The van der Waals surface area contributed by atoms with E-state index in [0.29, 0.717) is 29.9 Å². The van der Waals surface area contributed by atoms with Crippen LogP contribution in [0, 0.1) is 0 Å². The molecule has 0 atom stereocenters. The number of fused-ring (bicyclic) bond motifs is 1. The highest BCUT2D eigenvalue weighted by atomic mass is 16.6. The predicted molar refractivity (Wildman–Crippen MR) is 72.7 cm³/mol. The topological polar surface area (TPSA) is 122 Å². The molecule has 1 amide bonds. The van der Waals surface area contributed by atoms with E-state index in [-0.39, 0.29) is 18.8 Å². The second-order valence-electron chi connectivity index (χ2n) is 4.09. The van der Waals surface area contributed by atoms with E-state index in [0.717, 1.165) is 0 Å². The summed E-state index contributed by atoms with van der Waals surface area (Å²) in [4.78, 5) is 25.8. The molecule has 0 aliphatic heterocycles. The molecule has 0 fully saturated rings. The van der Waals surface area contributed by atoms with Crippen molar-refractivity contribution in [1.29, 1.82) is 0 Å². The van der Waals surface area contributed by atoms with Crippen LogP contribution in [0.25, 0.3) is 11.0 Å². The van der Waals surface area contributed by atoms with Crippen molar-refractivity contribution in [2.24, 2.45) is 5.73 Å². The summed E-state index contributed by atoms with van der Waals surface area (Å²) >= 11 is 0. The number of rotatable bonds is 5. The largest absolute Gasteiger partial charge is 0.412 e. The monoisotopic (exact) mass is 280 g/mol. The van der Waals surface area contributed by atoms with Gasteiger partial charge in [0.15, 0.2) is 0 Å². The third-order valence-corrected chi connectivity index (χ3v) is 2.69. The second-order valence-corrected chi connectivity index (χ2v) is 4.09. The fourth-order valence-electron chi connectivity index (χ4n) is 1.85. The van der Waals surface area contributed by atoms with Gasteiger partial charge in [0.05, 0.1) is 17.6 Å². The minimum absolute atomic E-state index is 0.114. The molecular formula is C12H16N4O4. The Hall–Kier alpha value is -2.32. The summed E-state index contributed by atoms with van der Waals surface area (Å²) in [6, 6.07) is 4.81. The molecule has 0 aliphatic carbocycles. The Labute approximate surface area is 114 Å². The minimum atomic E-state index is -0.665.